The Morgan fingerprint density at radius 2 is 1.86 bits per heavy atom. The second-order valence-electron chi connectivity index (χ2n) is 3.40. The Labute approximate surface area is 96.2 Å². The van der Waals surface area contributed by atoms with Crippen molar-refractivity contribution in [2.75, 3.05) is 0 Å². The Morgan fingerprint density at radius 3 is 2.57 bits per heavy atom. The zero-order valence-electron chi connectivity index (χ0n) is 7.94. The molecule has 0 fully saturated rings. The summed E-state index contributed by atoms with van der Waals surface area (Å²) in [5.74, 6) is 0. The average Bonchev–Trinajstić information content (AvgIpc) is 2.07. The van der Waals surface area contributed by atoms with Gasteiger partial charge in [-0.05, 0) is 37.6 Å². The second kappa shape index (κ2) is 3.52. The van der Waals surface area contributed by atoms with Gasteiger partial charge in [0, 0.05) is 20.9 Å². The normalized spacial score (nSPS) is 10.9. The van der Waals surface area contributed by atoms with Crippen LogP contribution in [0.15, 0.2) is 22.7 Å². The van der Waals surface area contributed by atoms with Gasteiger partial charge in [-0.2, -0.15) is 0 Å². The van der Waals surface area contributed by atoms with Crippen molar-refractivity contribution in [3.63, 3.8) is 0 Å². The van der Waals surface area contributed by atoms with Crippen LogP contribution in [0.3, 0.4) is 0 Å². The highest BCUT2D eigenvalue weighted by atomic mass is 79.9. The zero-order chi connectivity index (χ0) is 10.3. The number of benzene rings is 1. The molecule has 0 saturated heterocycles. The summed E-state index contributed by atoms with van der Waals surface area (Å²) in [6.45, 7) is 3.98. The smallest absolute Gasteiger partial charge is 0.137 e. The van der Waals surface area contributed by atoms with Gasteiger partial charge in [0.25, 0.3) is 0 Å². The summed E-state index contributed by atoms with van der Waals surface area (Å²) in [6.07, 6.45) is 0. The quantitative estimate of drug-likeness (QED) is 0.652. The van der Waals surface area contributed by atoms with E-state index in [1.807, 2.05) is 19.9 Å². The van der Waals surface area contributed by atoms with Crippen LogP contribution in [-0.2, 0) is 0 Å². The van der Waals surface area contributed by atoms with E-state index in [1.54, 1.807) is 0 Å². The van der Waals surface area contributed by atoms with Gasteiger partial charge in [-0.15, -0.1) is 0 Å². The first-order valence-electron chi connectivity index (χ1n) is 4.31. The molecule has 0 aliphatic carbocycles. The number of aryl methyl sites for hydroxylation is 2. The number of aromatic nitrogens is 1. The Balaban J connectivity index is 2.94. The molecule has 2 aromatic rings. The van der Waals surface area contributed by atoms with Crippen molar-refractivity contribution in [3.8, 4) is 0 Å². The lowest BCUT2D eigenvalue weighted by Gasteiger charge is -2.05. The number of rotatable bonds is 0. The van der Waals surface area contributed by atoms with Crippen molar-refractivity contribution in [3.05, 3.63) is 39.1 Å². The molecule has 0 spiro atoms. The standard InChI is InChI=1S/C11H9BrClN/c1-6-3-9-8(10(12)4-6)5-7(2)14-11(9)13/h3-5H,1-2H3. The van der Waals surface area contributed by atoms with Crippen LogP contribution in [0.2, 0.25) is 5.15 Å². The maximum absolute atomic E-state index is 6.07. The van der Waals surface area contributed by atoms with Crippen LogP contribution < -0.4 is 0 Å². The van der Waals surface area contributed by atoms with Gasteiger partial charge in [0.15, 0.2) is 0 Å². The summed E-state index contributed by atoms with van der Waals surface area (Å²) in [6, 6.07) is 6.16. The van der Waals surface area contributed by atoms with Gasteiger partial charge >= 0.3 is 0 Å². The minimum absolute atomic E-state index is 0.574. The minimum Gasteiger partial charge on any atom is -0.241 e. The van der Waals surface area contributed by atoms with Crippen LogP contribution in [0.1, 0.15) is 11.3 Å². The topological polar surface area (TPSA) is 12.9 Å². The molecule has 1 aromatic carbocycles. The number of hydrogen-bond donors (Lipinski definition) is 0. The van der Waals surface area contributed by atoms with E-state index in [4.69, 9.17) is 11.6 Å². The number of pyridine rings is 1. The lowest BCUT2D eigenvalue weighted by Crippen LogP contribution is -1.86. The molecule has 0 aliphatic heterocycles. The summed E-state index contributed by atoms with van der Waals surface area (Å²) in [7, 11) is 0. The number of hydrogen-bond acceptors (Lipinski definition) is 1. The lowest BCUT2D eigenvalue weighted by molar-refractivity contribution is 1.22. The highest BCUT2D eigenvalue weighted by molar-refractivity contribution is 9.10. The molecule has 0 amide bonds. The van der Waals surface area contributed by atoms with Crippen LogP contribution in [0.25, 0.3) is 10.8 Å². The summed E-state index contributed by atoms with van der Waals surface area (Å²) < 4.78 is 1.07. The molecule has 0 bridgehead atoms. The van der Waals surface area contributed by atoms with Gasteiger partial charge in [0.2, 0.25) is 0 Å². The molecule has 0 aliphatic rings. The molecule has 1 aromatic heterocycles. The van der Waals surface area contributed by atoms with Gasteiger partial charge in [0.05, 0.1) is 0 Å². The highest BCUT2D eigenvalue weighted by Gasteiger charge is 2.05. The Morgan fingerprint density at radius 1 is 1.14 bits per heavy atom. The van der Waals surface area contributed by atoms with Crippen LogP contribution in [0.4, 0.5) is 0 Å². The van der Waals surface area contributed by atoms with E-state index in [0.717, 1.165) is 20.9 Å². The first-order valence-corrected chi connectivity index (χ1v) is 5.48. The molecule has 0 atom stereocenters. The van der Waals surface area contributed by atoms with Crippen molar-refractivity contribution in [2.24, 2.45) is 0 Å². The highest BCUT2D eigenvalue weighted by Crippen LogP contribution is 2.30. The molecule has 2 rings (SSSR count). The lowest BCUT2D eigenvalue weighted by atomic mass is 10.1. The molecular weight excluding hydrogens is 261 g/mol. The first kappa shape index (κ1) is 9.94. The van der Waals surface area contributed by atoms with Crippen molar-refractivity contribution in [1.29, 1.82) is 0 Å². The molecule has 0 radical (unpaired) electrons. The van der Waals surface area contributed by atoms with E-state index in [1.165, 1.54) is 5.56 Å². The van der Waals surface area contributed by atoms with Gasteiger partial charge in [-0.3, -0.25) is 0 Å². The summed E-state index contributed by atoms with van der Waals surface area (Å²) in [4.78, 5) is 4.23. The third-order valence-corrected chi connectivity index (χ3v) is 3.07. The fraction of sp³-hybridized carbons (Fsp3) is 0.182. The van der Waals surface area contributed by atoms with Gasteiger partial charge in [-0.25, -0.2) is 4.98 Å². The van der Waals surface area contributed by atoms with E-state index >= 15 is 0 Å². The van der Waals surface area contributed by atoms with Gasteiger partial charge in [-0.1, -0.05) is 27.5 Å². The third-order valence-electron chi connectivity index (χ3n) is 2.12. The predicted octanol–water partition coefficient (Wildman–Crippen LogP) is 4.27. The summed E-state index contributed by atoms with van der Waals surface area (Å²) in [5, 5.41) is 2.70. The van der Waals surface area contributed by atoms with Gasteiger partial charge in [0.1, 0.15) is 5.15 Å². The van der Waals surface area contributed by atoms with E-state index in [0.29, 0.717) is 5.15 Å². The van der Waals surface area contributed by atoms with Crippen LogP contribution in [-0.4, -0.2) is 4.98 Å². The molecule has 0 saturated carbocycles. The maximum Gasteiger partial charge on any atom is 0.137 e. The molecule has 0 N–H and O–H groups in total. The van der Waals surface area contributed by atoms with E-state index in [2.05, 4.69) is 33.0 Å². The fourth-order valence-corrected chi connectivity index (χ4v) is 2.51. The Kier molecular flexibility index (Phi) is 2.50. The predicted molar refractivity (Wildman–Crippen MR) is 63.9 cm³/mol. The molecule has 3 heteroatoms. The maximum atomic E-state index is 6.07. The number of nitrogens with zero attached hydrogens (tertiary/aromatic N) is 1. The van der Waals surface area contributed by atoms with Crippen LogP contribution >= 0.6 is 27.5 Å². The number of halogens is 2. The van der Waals surface area contributed by atoms with Crippen LogP contribution in [0, 0.1) is 13.8 Å². The van der Waals surface area contributed by atoms with Crippen molar-refractivity contribution in [1.82, 2.24) is 4.98 Å². The summed E-state index contributed by atoms with van der Waals surface area (Å²) >= 11 is 9.60. The molecule has 72 valence electrons. The minimum atomic E-state index is 0.574. The van der Waals surface area contributed by atoms with Crippen molar-refractivity contribution < 1.29 is 0 Å². The zero-order valence-corrected chi connectivity index (χ0v) is 10.3. The van der Waals surface area contributed by atoms with E-state index in [-0.39, 0.29) is 0 Å². The Hall–Kier alpha value is -0.600. The third kappa shape index (κ3) is 1.64. The van der Waals surface area contributed by atoms with E-state index < -0.39 is 0 Å². The molecule has 1 nitrogen and oxygen atoms in total. The van der Waals surface area contributed by atoms with Gasteiger partial charge < -0.3 is 0 Å². The molecule has 14 heavy (non-hydrogen) atoms. The van der Waals surface area contributed by atoms with Crippen LogP contribution in [0.5, 0.6) is 0 Å². The second-order valence-corrected chi connectivity index (χ2v) is 4.61. The summed E-state index contributed by atoms with van der Waals surface area (Å²) in [5.41, 5.74) is 2.11. The SMILES string of the molecule is Cc1cc(Br)c2cc(C)nc(Cl)c2c1. The molecular formula is C11H9BrClN. The average molecular weight is 271 g/mol. The first-order chi connectivity index (χ1) is 6.58. The van der Waals surface area contributed by atoms with E-state index in [9.17, 15) is 0 Å². The Bertz CT molecular complexity index is 461. The molecule has 1 heterocycles. The molecule has 0 unspecified atom stereocenters. The van der Waals surface area contributed by atoms with Crippen molar-refractivity contribution >= 4 is 38.3 Å². The fourth-order valence-electron chi connectivity index (χ4n) is 1.53. The number of fused-ring (bicyclic) bond motifs is 1. The van der Waals surface area contributed by atoms with Crippen molar-refractivity contribution in [2.45, 2.75) is 13.8 Å². The monoisotopic (exact) mass is 269 g/mol. The largest absolute Gasteiger partial charge is 0.241 e.